The van der Waals surface area contributed by atoms with E-state index in [2.05, 4.69) is 14.9 Å². The highest BCUT2D eigenvalue weighted by atomic mass is 16.5. The zero-order valence-corrected chi connectivity index (χ0v) is 22.1. The number of aliphatic hydroxyl groups is 1. The Morgan fingerprint density at radius 3 is 2.76 bits per heavy atom. The number of nitrogens with zero attached hydrogens (tertiary/aromatic N) is 5. The zero-order valence-electron chi connectivity index (χ0n) is 22.1. The number of aryl methyl sites for hydroxylation is 1. The van der Waals surface area contributed by atoms with E-state index in [1.807, 2.05) is 30.2 Å². The van der Waals surface area contributed by atoms with Crippen molar-refractivity contribution in [2.45, 2.75) is 38.2 Å². The normalized spacial score (nSPS) is 19.7. The Kier molecular flexibility index (Phi) is 7.46. The van der Waals surface area contributed by atoms with Gasteiger partial charge in [-0.15, -0.1) is 0 Å². The van der Waals surface area contributed by atoms with Crippen LogP contribution in [0.15, 0.2) is 48.8 Å². The number of benzene rings is 1. The Hall–Kier alpha value is -3.72. The highest BCUT2D eigenvalue weighted by molar-refractivity contribution is 5.94. The molecule has 5 rings (SSSR count). The molecule has 9 heteroatoms. The van der Waals surface area contributed by atoms with E-state index in [-0.39, 0.29) is 18.4 Å². The van der Waals surface area contributed by atoms with Crippen LogP contribution in [0.25, 0.3) is 10.9 Å². The summed E-state index contributed by atoms with van der Waals surface area (Å²) in [4.78, 5) is 39.4. The lowest BCUT2D eigenvalue weighted by molar-refractivity contribution is -0.128. The van der Waals surface area contributed by atoms with Crippen LogP contribution in [0, 0.1) is 6.92 Å². The molecular formula is C29H35N5O4. The molecule has 2 aromatic heterocycles. The summed E-state index contributed by atoms with van der Waals surface area (Å²) in [5.41, 5.74) is 2.31. The number of piperidine rings is 1. The Morgan fingerprint density at radius 1 is 1.18 bits per heavy atom. The van der Waals surface area contributed by atoms with Gasteiger partial charge in [0.2, 0.25) is 5.91 Å². The Bertz CT molecular complexity index is 1310. The van der Waals surface area contributed by atoms with Gasteiger partial charge < -0.3 is 24.5 Å². The van der Waals surface area contributed by atoms with Crippen LogP contribution < -0.4 is 9.64 Å². The number of carbonyl (C=O) groups is 2. The van der Waals surface area contributed by atoms with Crippen molar-refractivity contribution >= 4 is 28.4 Å². The lowest BCUT2D eigenvalue weighted by Gasteiger charge is -2.42. The molecule has 2 saturated heterocycles. The number of pyridine rings is 2. The molecule has 200 valence electrons. The van der Waals surface area contributed by atoms with Crippen molar-refractivity contribution in [2.24, 2.45) is 0 Å². The van der Waals surface area contributed by atoms with Crippen LogP contribution in [0.3, 0.4) is 0 Å². The van der Waals surface area contributed by atoms with Crippen LogP contribution in [-0.2, 0) is 4.79 Å². The first-order valence-electron chi connectivity index (χ1n) is 13.3. The average Bonchev–Trinajstić information content (AvgIpc) is 3.32. The van der Waals surface area contributed by atoms with Crippen molar-refractivity contribution < 1.29 is 19.4 Å². The molecule has 0 saturated carbocycles. The third kappa shape index (κ3) is 5.72. The average molecular weight is 518 g/mol. The van der Waals surface area contributed by atoms with Gasteiger partial charge in [-0.3, -0.25) is 19.6 Å². The van der Waals surface area contributed by atoms with Crippen molar-refractivity contribution in [3.63, 3.8) is 0 Å². The minimum Gasteiger partial charge on any atom is -0.492 e. The molecule has 3 aromatic rings. The SMILES string of the molecule is Cc1cc(N2CCCC(O)(CN(C)C(=O)c3ccc(OCCN4CCCC4=O)cc3)C2)c2cnccc2n1. The van der Waals surface area contributed by atoms with E-state index in [0.29, 0.717) is 43.9 Å². The summed E-state index contributed by atoms with van der Waals surface area (Å²) in [7, 11) is 1.73. The molecule has 1 atom stereocenters. The van der Waals surface area contributed by atoms with Gasteiger partial charge in [-0.2, -0.15) is 0 Å². The number of fused-ring (bicyclic) bond motifs is 1. The topological polar surface area (TPSA) is 99.1 Å². The molecular weight excluding hydrogens is 482 g/mol. The number of likely N-dealkylation sites (N-methyl/N-ethyl adjacent to an activating group) is 1. The van der Waals surface area contributed by atoms with Crippen LogP contribution in [0.4, 0.5) is 5.69 Å². The summed E-state index contributed by atoms with van der Waals surface area (Å²) < 4.78 is 5.77. The molecule has 2 aliphatic rings. The fourth-order valence-electron chi connectivity index (χ4n) is 5.53. The quantitative estimate of drug-likeness (QED) is 0.490. The number of aromatic nitrogens is 2. The molecule has 1 N–H and O–H groups in total. The van der Waals surface area contributed by atoms with Gasteiger partial charge in [0, 0.05) is 67.8 Å². The van der Waals surface area contributed by atoms with E-state index < -0.39 is 5.60 Å². The van der Waals surface area contributed by atoms with Gasteiger partial charge in [0.25, 0.3) is 5.91 Å². The van der Waals surface area contributed by atoms with Crippen LogP contribution in [-0.4, -0.2) is 88.7 Å². The number of ether oxygens (including phenoxy) is 1. The molecule has 1 unspecified atom stereocenters. The van der Waals surface area contributed by atoms with E-state index in [0.717, 1.165) is 48.2 Å². The third-order valence-corrected chi connectivity index (χ3v) is 7.39. The molecule has 0 spiro atoms. The van der Waals surface area contributed by atoms with Crippen molar-refractivity contribution in [1.82, 2.24) is 19.8 Å². The second-order valence-corrected chi connectivity index (χ2v) is 10.4. The van der Waals surface area contributed by atoms with Gasteiger partial charge in [0.1, 0.15) is 12.4 Å². The fourth-order valence-corrected chi connectivity index (χ4v) is 5.53. The molecule has 2 amide bonds. The third-order valence-electron chi connectivity index (χ3n) is 7.39. The molecule has 38 heavy (non-hydrogen) atoms. The first-order chi connectivity index (χ1) is 18.3. The van der Waals surface area contributed by atoms with E-state index in [9.17, 15) is 14.7 Å². The van der Waals surface area contributed by atoms with Crippen LogP contribution >= 0.6 is 0 Å². The highest BCUT2D eigenvalue weighted by Gasteiger charge is 2.36. The Morgan fingerprint density at radius 2 is 2.00 bits per heavy atom. The Labute approximate surface area is 223 Å². The van der Waals surface area contributed by atoms with Crippen LogP contribution in [0.2, 0.25) is 0 Å². The van der Waals surface area contributed by atoms with E-state index in [1.165, 1.54) is 0 Å². The maximum absolute atomic E-state index is 13.2. The molecule has 4 heterocycles. The molecule has 9 nitrogen and oxygen atoms in total. The second kappa shape index (κ2) is 10.9. The minimum absolute atomic E-state index is 0.154. The maximum atomic E-state index is 13.2. The summed E-state index contributed by atoms with van der Waals surface area (Å²) in [6.45, 7) is 5.22. The molecule has 1 aromatic carbocycles. The number of likely N-dealkylation sites (tertiary alicyclic amines) is 1. The van der Waals surface area contributed by atoms with Crippen molar-refractivity contribution in [1.29, 1.82) is 0 Å². The highest BCUT2D eigenvalue weighted by Crippen LogP contribution is 2.32. The number of amides is 2. The number of anilines is 1. The second-order valence-electron chi connectivity index (χ2n) is 10.4. The number of hydrogen-bond donors (Lipinski definition) is 1. The van der Waals surface area contributed by atoms with E-state index in [4.69, 9.17) is 4.74 Å². The zero-order chi connectivity index (χ0) is 26.7. The van der Waals surface area contributed by atoms with Gasteiger partial charge in [-0.25, -0.2) is 0 Å². The smallest absolute Gasteiger partial charge is 0.253 e. The summed E-state index contributed by atoms with van der Waals surface area (Å²) in [5.74, 6) is 0.688. The molecule has 2 fully saturated rings. The van der Waals surface area contributed by atoms with Gasteiger partial charge >= 0.3 is 0 Å². The predicted molar refractivity (Wildman–Crippen MR) is 145 cm³/mol. The van der Waals surface area contributed by atoms with Crippen molar-refractivity contribution in [2.75, 3.05) is 51.3 Å². The maximum Gasteiger partial charge on any atom is 0.253 e. The summed E-state index contributed by atoms with van der Waals surface area (Å²) in [6, 6.07) is 11.0. The van der Waals surface area contributed by atoms with Crippen LogP contribution in [0.1, 0.15) is 41.7 Å². The number of rotatable bonds is 8. The van der Waals surface area contributed by atoms with Crippen LogP contribution in [0.5, 0.6) is 5.75 Å². The number of hydrogen-bond acceptors (Lipinski definition) is 7. The standard InChI is InChI=1S/C29H35N5O4/c1-21-17-26(24-18-30-12-10-25(24)31-21)34-14-4-11-29(37,20-34)19-32(2)28(36)22-6-8-23(9-7-22)38-16-15-33-13-3-5-27(33)35/h6-10,12,17-18,37H,3-5,11,13-16,19-20H2,1-2H3. The molecule has 0 radical (unpaired) electrons. The molecule has 2 aliphatic heterocycles. The number of carbonyl (C=O) groups excluding carboxylic acids is 2. The van der Waals surface area contributed by atoms with Gasteiger partial charge in [0.05, 0.1) is 24.2 Å². The predicted octanol–water partition coefficient (Wildman–Crippen LogP) is 3.04. The van der Waals surface area contributed by atoms with Crippen molar-refractivity contribution in [3.8, 4) is 5.75 Å². The van der Waals surface area contributed by atoms with Crippen molar-refractivity contribution in [3.05, 3.63) is 60.0 Å². The van der Waals surface area contributed by atoms with Gasteiger partial charge in [-0.05, 0) is 62.6 Å². The summed E-state index contributed by atoms with van der Waals surface area (Å²) in [6.07, 6.45) is 6.52. The monoisotopic (exact) mass is 517 g/mol. The van der Waals surface area contributed by atoms with E-state index in [1.54, 1.807) is 42.4 Å². The number of β-amino-alcohol motifs (C(OH)–C–C–N with tert-alkyl or cyclic N) is 1. The molecule has 0 bridgehead atoms. The first kappa shape index (κ1) is 25.9. The van der Waals surface area contributed by atoms with Gasteiger partial charge in [0.15, 0.2) is 0 Å². The fraction of sp³-hybridized carbons (Fsp3) is 0.448. The van der Waals surface area contributed by atoms with E-state index >= 15 is 0 Å². The lowest BCUT2D eigenvalue weighted by Crippen LogP contribution is -2.54. The summed E-state index contributed by atoms with van der Waals surface area (Å²) >= 11 is 0. The first-order valence-corrected chi connectivity index (χ1v) is 13.3. The summed E-state index contributed by atoms with van der Waals surface area (Å²) in [5, 5.41) is 12.5. The Balaban J connectivity index is 1.20. The molecule has 0 aliphatic carbocycles. The van der Waals surface area contributed by atoms with Gasteiger partial charge in [-0.1, -0.05) is 0 Å². The largest absolute Gasteiger partial charge is 0.492 e. The minimum atomic E-state index is -1.04. The lowest BCUT2D eigenvalue weighted by atomic mass is 9.91.